The van der Waals surface area contributed by atoms with Gasteiger partial charge in [-0.05, 0) is 24.2 Å². The van der Waals surface area contributed by atoms with Gasteiger partial charge in [-0.15, -0.1) is 0 Å². The van der Waals surface area contributed by atoms with E-state index >= 15 is 0 Å². The molecule has 0 radical (unpaired) electrons. The fourth-order valence-electron chi connectivity index (χ4n) is 3.22. The van der Waals surface area contributed by atoms with E-state index < -0.39 is 20.3 Å². The highest BCUT2D eigenvalue weighted by Crippen LogP contribution is 2.61. The Morgan fingerprint density at radius 1 is 1.43 bits per heavy atom. The van der Waals surface area contributed by atoms with Crippen LogP contribution in [0, 0.1) is 11.3 Å². The van der Waals surface area contributed by atoms with Gasteiger partial charge in [0.05, 0.1) is 0 Å². The van der Waals surface area contributed by atoms with Crippen LogP contribution in [0.3, 0.4) is 0 Å². The van der Waals surface area contributed by atoms with Gasteiger partial charge in [-0.25, -0.2) is 8.42 Å². The summed E-state index contributed by atoms with van der Waals surface area (Å²) in [7, 11) is -4.53. The summed E-state index contributed by atoms with van der Waals surface area (Å²) in [5.74, 6) is -0.299. The Balaban J connectivity index is 2.68. The van der Waals surface area contributed by atoms with Crippen molar-refractivity contribution in [3.8, 4) is 0 Å². The number of fused-ring (bicyclic) bond motifs is 2. The van der Waals surface area contributed by atoms with Crippen molar-refractivity contribution in [1.29, 1.82) is 0 Å². The fourth-order valence-corrected chi connectivity index (χ4v) is 4.76. The molecule has 0 aliphatic heterocycles. The zero-order valence-corrected chi connectivity index (χ0v) is 9.06. The van der Waals surface area contributed by atoms with Crippen LogP contribution in [0.25, 0.3) is 0 Å². The Labute approximate surface area is 83.4 Å². The quantitative estimate of drug-likeness (QED) is 0.605. The second kappa shape index (κ2) is 2.39. The van der Waals surface area contributed by atoms with E-state index in [9.17, 15) is 17.8 Å². The molecular formula is C9H13O4S-. The van der Waals surface area contributed by atoms with Crippen molar-refractivity contribution in [3.63, 3.8) is 0 Å². The van der Waals surface area contributed by atoms with Crippen LogP contribution in [0.1, 0.15) is 33.1 Å². The van der Waals surface area contributed by atoms with Gasteiger partial charge in [-0.1, -0.05) is 13.8 Å². The van der Waals surface area contributed by atoms with Gasteiger partial charge in [0.25, 0.3) is 0 Å². The number of ketones is 1. The second-order valence-electron chi connectivity index (χ2n) is 4.87. The third kappa shape index (κ3) is 0.827. The molecule has 2 rings (SSSR count). The number of hydrogen-bond donors (Lipinski definition) is 0. The molecule has 0 N–H and O–H groups in total. The molecule has 2 bridgehead atoms. The Bertz CT molecular complexity index is 395. The first kappa shape index (κ1) is 10.1. The number of Topliss-reactive ketones (excluding diaryl/α,β-unsaturated/α-hetero) is 1. The van der Waals surface area contributed by atoms with Gasteiger partial charge in [0.1, 0.15) is 14.9 Å². The minimum atomic E-state index is -4.53. The highest BCUT2D eigenvalue weighted by Gasteiger charge is 2.68. The van der Waals surface area contributed by atoms with E-state index in [1.165, 1.54) is 0 Å². The summed E-state index contributed by atoms with van der Waals surface area (Å²) in [4.78, 5) is 11.6. The van der Waals surface area contributed by atoms with Crippen molar-refractivity contribution >= 4 is 15.9 Å². The Kier molecular flexibility index (Phi) is 1.72. The first-order valence-corrected chi connectivity index (χ1v) is 6.13. The molecular weight excluding hydrogens is 204 g/mol. The normalized spacial score (nSPS) is 40.5. The van der Waals surface area contributed by atoms with E-state index in [2.05, 4.69) is 0 Å². The van der Waals surface area contributed by atoms with E-state index in [1.54, 1.807) is 13.8 Å². The van der Waals surface area contributed by atoms with Crippen molar-refractivity contribution < 1.29 is 17.8 Å². The van der Waals surface area contributed by atoms with Gasteiger partial charge in [0.2, 0.25) is 0 Å². The van der Waals surface area contributed by atoms with Gasteiger partial charge in [0, 0.05) is 6.42 Å². The van der Waals surface area contributed by atoms with E-state index in [0.29, 0.717) is 6.42 Å². The third-order valence-corrected chi connectivity index (χ3v) is 6.03. The van der Waals surface area contributed by atoms with Crippen LogP contribution < -0.4 is 0 Å². The fraction of sp³-hybridized carbons (Fsp3) is 0.889. The molecule has 0 aromatic heterocycles. The molecule has 80 valence electrons. The lowest BCUT2D eigenvalue weighted by Gasteiger charge is -2.38. The van der Waals surface area contributed by atoms with Crippen LogP contribution in [-0.2, 0) is 14.9 Å². The molecule has 2 atom stereocenters. The number of carbonyl (C=O) groups is 1. The van der Waals surface area contributed by atoms with Crippen LogP contribution in [0.5, 0.6) is 0 Å². The van der Waals surface area contributed by atoms with Crippen molar-refractivity contribution in [3.05, 3.63) is 0 Å². The summed E-state index contributed by atoms with van der Waals surface area (Å²) in [6.07, 6.45) is 1.16. The van der Waals surface area contributed by atoms with Gasteiger partial charge in [0.15, 0.2) is 5.78 Å². The maximum Gasteiger partial charge on any atom is 0.153 e. The van der Waals surface area contributed by atoms with Crippen LogP contribution in [-0.4, -0.2) is 23.5 Å². The molecule has 2 fully saturated rings. The summed E-state index contributed by atoms with van der Waals surface area (Å²) < 4.78 is 32.2. The van der Waals surface area contributed by atoms with E-state index in [1.807, 2.05) is 0 Å². The van der Waals surface area contributed by atoms with Gasteiger partial charge in [-0.3, -0.25) is 4.79 Å². The highest BCUT2D eigenvalue weighted by atomic mass is 32.2. The Morgan fingerprint density at radius 3 is 2.21 bits per heavy atom. The molecule has 14 heavy (non-hydrogen) atoms. The van der Waals surface area contributed by atoms with Gasteiger partial charge >= 0.3 is 0 Å². The standard InChI is InChI=1S/C9H14O4S/c1-8(2)6-3-4-9(8,7(10)5-6)14(11,12)13/h6H,3-5H2,1-2H3,(H,11,12,13)/p-1. The minimum absolute atomic E-state index is 0.0683. The lowest BCUT2D eigenvalue weighted by molar-refractivity contribution is -0.121. The SMILES string of the molecule is CC1(C)C2CCC1(S(=O)(=O)[O-])C(=O)C2. The van der Waals surface area contributed by atoms with E-state index in [-0.39, 0.29) is 24.5 Å². The summed E-state index contributed by atoms with van der Waals surface area (Å²) in [5, 5.41) is 0. The molecule has 2 unspecified atom stereocenters. The molecule has 4 nitrogen and oxygen atoms in total. The summed E-state index contributed by atoms with van der Waals surface area (Å²) >= 11 is 0. The third-order valence-electron chi connectivity index (χ3n) is 4.22. The molecule has 5 heteroatoms. The van der Waals surface area contributed by atoms with Gasteiger partial charge in [-0.2, -0.15) is 0 Å². The number of rotatable bonds is 1. The molecule has 2 aliphatic rings. The summed E-state index contributed by atoms with van der Waals surface area (Å²) in [6.45, 7) is 3.45. The van der Waals surface area contributed by atoms with E-state index in [0.717, 1.165) is 0 Å². The average molecular weight is 217 g/mol. The summed E-state index contributed by atoms with van der Waals surface area (Å²) in [5.41, 5.74) is -0.676. The lowest BCUT2D eigenvalue weighted by Crippen LogP contribution is -2.50. The smallest absolute Gasteiger partial charge is 0.153 e. The zero-order chi connectivity index (χ0) is 10.8. The molecule has 0 saturated heterocycles. The maximum absolute atomic E-state index is 11.6. The van der Waals surface area contributed by atoms with Crippen LogP contribution in [0.4, 0.5) is 0 Å². The summed E-state index contributed by atoms with van der Waals surface area (Å²) in [6, 6.07) is 0. The largest absolute Gasteiger partial charge is 0.747 e. The molecule has 0 amide bonds. The van der Waals surface area contributed by atoms with Crippen molar-refractivity contribution in [2.45, 2.75) is 37.9 Å². The van der Waals surface area contributed by atoms with Crippen molar-refractivity contribution in [1.82, 2.24) is 0 Å². The van der Waals surface area contributed by atoms with Crippen LogP contribution >= 0.6 is 0 Å². The minimum Gasteiger partial charge on any atom is -0.747 e. The lowest BCUT2D eigenvalue weighted by atomic mass is 9.81. The zero-order valence-electron chi connectivity index (χ0n) is 8.24. The van der Waals surface area contributed by atoms with Crippen molar-refractivity contribution in [2.75, 3.05) is 0 Å². The number of carbonyl (C=O) groups excluding carboxylic acids is 1. The molecule has 0 aromatic carbocycles. The van der Waals surface area contributed by atoms with Crippen LogP contribution in [0.15, 0.2) is 0 Å². The monoisotopic (exact) mass is 217 g/mol. The first-order valence-electron chi connectivity index (χ1n) is 4.72. The average Bonchev–Trinajstić information content (AvgIpc) is 2.34. The molecule has 0 spiro atoms. The van der Waals surface area contributed by atoms with Crippen molar-refractivity contribution in [2.24, 2.45) is 11.3 Å². The topological polar surface area (TPSA) is 74.3 Å². The second-order valence-corrected chi connectivity index (χ2v) is 6.47. The Hall–Kier alpha value is -0.420. The predicted octanol–water partition coefficient (Wildman–Crippen LogP) is 0.679. The molecule has 0 aromatic rings. The molecule has 2 saturated carbocycles. The van der Waals surface area contributed by atoms with Crippen LogP contribution in [0.2, 0.25) is 0 Å². The highest BCUT2D eigenvalue weighted by molar-refractivity contribution is 7.88. The Morgan fingerprint density at radius 2 is 2.00 bits per heavy atom. The first-order chi connectivity index (χ1) is 6.23. The number of hydrogen-bond acceptors (Lipinski definition) is 4. The van der Waals surface area contributed by atoms with E-state index in [4.69, 9.17) is 0 Å². The molecule has 2 aliphatic carbocycles. The van der Waals surface area contributed by atoms with Gasteiger partial charge < -0.3 is 4.55 Å². The maximum atomic E-state index is 11.6. The molecule has 0 heterocycles. The predicted molar refractivity (Wildman–Crippen MR) is 48.6 cm³/mol.